The maximum atomic E-state index is 12.0. The van der Waals surface area contributed by atoms with E-state index in [2.05, 4.69) is 51.6 Å². The summed E-state index contributed by atoms with van der Waals surface area (Å²) in [4.78, 5) is 29.3. The number of carbonyl (C=O) groups is 1. The molecular formula is C21H18N8O2S. The Balaban J connectivity index is 1.20. The van der Waals surface area contributed by atoms with Crippen molar-refractivity contribution < 1.29 is 9.32 Å². The predicted octanol–water partition coefficient (Wildman–Crippen LogP) is 4.37. The second-order valence-corrected chi connectivity index (χ2v) is 7.92. The van der Waals surface area contributed by atoms with Crippen LogP contribution >= 0.6 is 11.3 Å². The first-order valence-electron chi connectivity index (χ1n) is 9.81. The lowest BCUT2D eigenvalue weighted by molar-refractivity contribution is 0.262. The van der Waals surface area contributed by atoms with Crippen molar-refractivity contribution in [3.63, 3.8) is 0 Å². The van der Waals surface area contributed by atoms with Crippen LogP contribution in [0.5, 0.6) is 0 Å². The molecule has 0 aliphatic carbocycles. The minimum Gasteiger partial charge on any atom is -0.369 e. The zero-order valence-electron chi connectivity index (χ0n) is 16.7. The van der Waals surface area contributed by atoms with Gasteiger partial charge in [0.1, 0.15) is 24.1 Å². The zero-order chi connectivity index (χ0) is 21.8. The number of nitrogens with one attached hydrogen (secondary N) is 4. The Morgan fingerprint density at radius 1 is 1.09 bits per heavy atom. The van der Waals surface area contributed by atoms with Crippen LogP contribution in [0.2, 0.25) is 0 Å². The number of hydrogen-bond acceptors (Lipinski definition) is 8. The van der Waals surface area contributed by atoms with Crippen LogP contribution in [0.4, 0.5) is 21.6 Å². The van der Waals surface area contributed by atoms with E-state index >= 15 is 0 Å². The number of aromatic nitrogens is 5. The smallest absolute Gasteiger partial charge is 0.326 e. The fraction of sp³-hybridized carbons (Fsp3) is 0.0952. The average Bonchev–Trinajstić information content (AvgIpc) is 3.56. The Hall–Kier alpha value is -4.25. The summed E-state index contributed by atoms with van der Waals surface area (Å²) >= 11 is 1.41. The summed E-state index contributed by atoms with van der Waals surface area (Å²) in [5, 5.41) is 13.7. The van der Waals surface area contributed by atoms with Crippen LogP contribution in [0.3, 0.4) is 0 Å². The quantitative estimate of drug-likeness (QED) is 0.292. The highest BCUT2D eigenvalue weighted by atomic mass is 32.1. The summed E-state index contributed by atoms with van der Waals surface area (Å²) in [6, 6.07) is 13.3. The first-order valence-corrected chi connectivity index (χ1v) is 10.6. The van der Waals surface area contributed by atoms with Crippen LogP contribution in [0.1, 0.15) is 4.88 Å². The van der Waals surface area contributed by atoms with Gasteiger partial charge < -0.3 is 14.8 Å². The number of rotatable bonds is 7. The van der Waals surface area contributed by atoms with Crippen molar-refractivity contribution >= 4 is 45.2 Å². The molecule has 160 valence electrons. The van der Waals surface area contributed by atoms with E-state index in [1.54, 1.807) is 12.3 Å². The first kappa shape index (κ1) is 19.7. The van der Waals surface area contributed by atoms with Crippen LogP contribution in [-0.2, 0) is 6.42 Å². The maximum Gasteiger partial charge on any atom is 0.326 e. The van der Waals surface area contributed by atoms with E-state index < -0.39 is 6.03 Å². The van der Waals surface area contributed by atoms with E-state index in [0.717, 1.165) is 39.4 Å². The number of nitrogens with zero attached hydrogens (tertiary/aromatic N) is 4. The van der Waals surface area contributed by atoms with Gasteiger partial charge in [0.05, 0.1) is 5.39 Å². The van der Waals surface area contributed by atoms with Gasteiger partial charge in [0.2, 0.25) is 0 Å². The third-order valence-electron chi connectivity index (χ3n) is 4.63. The number of H-pyrrole nitrogens is 1. The number of hydrogen-bond donors (Lipinski definition) is 4. The molecule has 4 heterocycles. The van der Waals surface area contributed by atoms with Crippen LogP contribution in [0.15, 0.2) is 65.8 Å². The standard InChI is InChI=1S/C21H18N8O2S/c30-20(27-17-7-9-31-29-17)28-21-23-11-14(32-21)6-8-22-18-15-10-16(13-4-2-1-3-5-13)26-19(15)25-12-24-18/h1-5,7,9-12H,6,8H2,(H2,22,24,25,26)(H2,23,27,28,29,30). The lowest BCUT2D eigenvalue weighted by Gasteiger charge is -2.05. The van der Waals surface area contributed by atoms with Crippen LogP contribution in [0.25, 0.3) is 22.3 Å². The molecule has 32 heavy (non-hydrogen) atoms. The van der Waals surface area contributed by atoms with E-state index in [4.69, 9.17) is 0 Å². The van der Waals surface area contributed by atoms with Gasteiger partial charge in [0.15, 0.2) is 10.9 Å². The molecule has 0 spiro atoms. The number of carbonyl (C=O) groups excluding carboxylic acids is 1. The van der Waals surface area contributed by atoms with E-state index in [-0.39, 0.29) is 0 Å². The Bertz CT molecular complexity index is 1330. The van der Waals surface area contributed by atoms with Crippen LogP contribution in [-0.4, -0.2) is 37.7 Å². The van der Waals surface area contributed by atoms with Crippen molar-refractivity contribution in [1.82, 2.24) is 25.1 Å². The molecule has 2 amide bonds. The monoisotopic (exact) mass is 446 g/mol. The van der Waals surface area contributed by atoms with Crippen molar-refractivity contribution in [2.45, 2.75) is 6.42 Å². The van der Waals surface area contributed by atoms with Gasteiger partial charge in [-0.2, -0.15) is 0 Å². The van der Waals surface area contributed by atoms with Crippen molar-refractivity contribution in [1.29, 1.82) is 0 Å². The number of thiazole rings is 1. The topological polar surface area (TPSA) is 134 Å². The number of benzene rings is 1. The van der Waals surface area contributed by atoms with Crippen molar-refractivity contribution in [2.24, 2.45) is 0 Å². The molecular weight excluding hydrogens is 428 g/mol. The molecule has 0 radical (unpaired) electrons. The van der Waals surface area contributed by atoms with Gasteiger partial charge in [-0.1, -0.05) is 35.5 Å². The van der Waals surface area contributed by atoms with Gasteiger partial charge in [-0.25, -0.2) is 19.7 Å². The lowest BCUT2D eigenvalue weighted by Crippen LogP contribution is -2.19. The molecule has 4 N–H and O–H groups in total. The Morgan fingerprint density at radius 3 is 2.84 bits per heavy atom. The van der Waals surface area contributed by atoms with Gasteiger partial charge in [0, 0.05) is 35.8 Å². The minimum atomic E-state index is -0.428. The lowest BCUT2D eigenvalue weighted by atomic mass is 10.1. The van der Waals surface area contributed by atoms with Crippen LogP contribution < -0.4 is 16.0 Å². The van der Waals surface area contributed by atoms with Gasteiger partial charge in [-0.15, -0.1) is 11.3 Å². The molecule has 4 aromatic heterocycles. The minimum absolute atomic E-state index is 0.333. The molecule has 0 atom stereocenters. The molecule has 0 unspecified atom stereocenters. The van der Waals surface area contributed by atoms with Crippen molar-refractivity contribution in [2.75, 3.05) is 22.5 Å². The first-order chi connectivity index (χ1) is 15.7. The number of anilines is 3. The summed E-state index contributed by atoms with van der Waals surface area (Å²) in [6.45, 7) is 0.657. The normalized spacial score (nSPS) is 10.9. The average molecular weight is 446 g/mol. The molecule has 1 aromatic carbocycles. The molecule has 0 fully saturated rings. The van der Waals surface area contributed by atoms with E-state index in [1.807, 2.05) is 30.3 Å². The summed E-state index contributed by atoms with van der Waals surface area (Å²) in [7, 11) is 0. The summed E-state index contributed by atoms with van der Waals surface area (Å²) in [5.74, 6) is 1.10. The Labute approximate surface area is 186 Å². The van der Waals surface area contributed by atoms with Gasteiger partial charge >= 0.3 is 6.03 Å². The molecule has 0 bridgehead atoms. The fourth-order valence-corrected chi connectivity index (χ4v) is 3.97. The summed E-state index contributed by atoms with van der Waals surface area (Å²) < 4.78 is 4.68. The second-order valence-electron chi connectivity index (χ2n) is 6.81. The zero-order valence-corrected chi connectivity index (χ0v) is 17.5. The molecule has 0 saturated carbocycles. The van der Waals surface area contributed by atoms with Crippen molar-refractivity contribution in [3.8, 4) is 11.3 Å². The second kappa shape index (κ2) is 8.86. The van der Waals surface area contributed by atoms with Gasteiger partial charge in [-0.3, -0.25) is 10.6 Å². The number of urea groups is 1. The number of fused-ring (bicyclic) bond motifs is 1. The highest BCUT2D eigenvalue weighted by Gasteiger charge is 2.11. The van der Waals surface area contributed by atoms with E-state index in [0.29, 0.717) is 17.5 Å². The Morgan fingerprint density at radius 2 is 2.00 bits per heavy atom. The molecule has 11 heteroatoms. The molecule has 10 nitrogen and oxygen atoms in total. The van der Waals surface area contributed by atoms with Crippen LogP contribution in [0, 0.1) is 0 Å². The third kappa shape index (κ3) is 4.42. The predicted molar refractivity (Wildman–Crippen MR) is 123 cm³/mol. The number of amides is 2. The molecule has 5 rings (SSSR count). The molecule has 0 aliphatic heterocycles. The van der Waals surface area contributed by atoms with Crippen molar-refractivity contribution in [3.05, 3.63) is 66.1 Å². The number of aromatic amines is 1. The SMILES string of the molecule is O=C(Nc1ccon1)Nc1ncc(CCNc2ncnc3[nH]c(-c4ccccc4)cc23)s1. The largest absolute Gasteiger partial charge is 0.369 e. The highest BCUT2D eigenvalue weighted by molar-refractivity contribution is 7.15. The summed E-state index contributed by atoms with van der Waals surface area (Å²) in [6.07, 6.45) is 5.40. The van der Waals surface area contributed by atoms with Gasteiger partial charge in [-0.05, 0) is 11.6 Å². The van der Waals surface area contributed by atoms with E-state index in [9.17, 15) is 4.79 Å². The summed E-state index contributed by atoms with van der Waals surface area (Å²) in [5.41, 5.74) is 2.86. The molecule has 5 aromatic rings. The fourth-order valence-electron chi connectivity index (χ4n) is 3.16. The molecule has 0 aliphatic rings. The maximum absolute atomic E-state index is 12.0. The van der Waals surface area contributed by atoms with E-state index in [1.165, 1.54) is 23.9 Å². The van der Waals surface area contributed by atoms with Gasteiger partial charge in [0.25, 0.3) is 0 Å². The Kier molecular flexibility index (Phi) is 5.45. The third-order valence-corrected chi connectivity index (χ3v) is 5.60. The molecule has 0 saturated heterocycles. The highest BCUT2D eigenvalue weighted by Crippen LogP contribution is 2.26.